The fourth-order valence-corrected chi connectivity index (χ4v) is 2.11. The molecule has 0 atom stereocenters. The van der Waals surface area contributed by atoms with Crippen LogP contribution in [0.5, 0.6) is 0 Å². The number of fused-ring (bicyclic) bond motifs is 1. The Bertz CT molecular complexity index is 534. The van der Waals surface area contributed by atoms with Crippen molar-refractivity contribution in [1.82, 2.24) is 10.3 Å². The van der Waals surface area contributed by atoms with E-state index in [1.54, 1.807) is 0 Å². The van der Waals surface area contributed by atoms with E-state index < -0.39 is 0 Å². The highest BCUT2D eigenvalue weighted by molar-refractivity contribution is 5.82. The summed E-state index contributed by atoms with van der Waals surface area (Å²) in [4.78, 5) is 14.4. The second kappa shape index (κ2) is 6.95. The lowest BCUT2D eigenvalue weighted by Gasteiger charge is -2.06. The summed E-state index contributed by atoms with van der Waals surface area (Å²) in [7, 11) is 0. The molecule has 2 N–H and O–H groups in total. The fraction of sp³-hybridized carbons (Fsp3) is 0.400. The first-order valence-corrected chi connectivity index (χ1v) is 6.72. The molecule has 0 unspecified atom stereocenters. The number of aromatic nitrogens is 1. The molecule has 102 valence electrons. The molecule has 4 heteroatoms. The van der Waals surface area contributed by atoms with Crippen molar-refractivity contribution in [1.29, 1.82) is 0 Å². The molecule has 0 bridgehead atoms. The number of esters is 1. The standard InChI is InChI=1S/C15H20N2O2/c1-2-19-14(18)7-4-9-16-11-13-6-3-5-12-8-10-17-15(12)13/h3,5-6,8,10,16-17H,2,4,7,9,11H2,1H3. The molecule has 0 aliphatic heterocycles. The van der Waals surface area contributed by atoms with Gasteiger partial charge >= 0.3 is 5.97 Å². The predicted molar refractivity (Wildman–Crippen MR) is 75.9 cm³/mol. The second-order valence-electron chi connectivity index (χ2n) is 4.44. The Balaban J connectivity index is 1.74. The van der Waals surface area contributed by atoms with Gasteiger partial charge in [-0.3, -0.25) is 4.79 Å². The molecule has 0 aliphatic rings. The lowest BCUT2D eigenvalue weighted by Crippen LogP contribution is -2.16. The number of aromatic amines is 1. The maximum Gasteiger partial charge on any atom is 0.305 e. The zero-order valence-electron chi connectivity index (χ0n) is 11.2. The minimum absolute atomic E-state index is 0.115. The number of carbonyl (C=O) groups is 1. The van der Waals surface area contributed by atoms with Gasteiger partial charge in [-0.2, -0.15) is 0 Å². The molecule has 1 aromatic carbocycles. The van der Waals surface area contributed by atoms with Crippen LogP contribution in [-0.2, 0) is 16.1 Å². The first kappa shape index (κ1) is 13.6. The number of hydrogen-bond donors (Lipinski definition) is 2. The number of nitrogens with one attached hydrogen (secondary N) is 2. The molecule has 0 fully saturated rings. The number of ether oxygens (including phenoxy) is 1. The zero-order chi connectivity index (χ0) is 13.5. The molecule has 1 aromatic heterocycles. The first-order chi connectivity index (χ1) is 9.31. The maximum absolute atomic E-state index is 11.2. The number of rotatable bonds is 7. The predicted octanol–water partition coefficient (Wildman–Crippen LogP) is 2.60. The summed E-state index contributed by atoms with van der Waals surface area (Å²) >= 11 is 0. The van der Waals surface area contributed by atoms with E-state index in [-0.39, 0.29) is 5.97 Å². The van der Waals surface area contributed by atoms with Crippen LogP contribution in [0.2, 0.25) is 0 Å². The van der Waals surface area contributed by atoms with Crippen molar-refractivity contribution in [2.45, 2.75) is 26.3 Å². The van der Waals surface area contributed by atoms with Crippen molar-refractivity contribution < 1.29 is 9.53 Å². The molecule has 19 heavy (non-hydrogen) atoms. The van der Waals surface area contributed by atoms with Gasteiger partial charge in [0.2, 0.25) is 0 Å². The second-order valence-corrected chi connectivity index (χ2v) is 4.44. The number of para-hydroxylation sites is 1. The highest BCUT2D eigenvalue weighted by Gasteiger charge is 2.02. The molecule has 1 heterocycles. The van der Waals surface area contributed by atoms with E-state index in [1.165, 1.54) is 16.5 Å². The van der Waals surface area contributed by atoms with E-state index in [4.69, 9.17) is 4.74 Å². The van der Waals surface area contributed by atoms with Crippen LogP contribution in [-0.4, -0.2) is 24.1 Å². The topological polar surface area (TPSA) is 54.1 Å². The Hall–Kier alpha value is -1.81. The summed E-state index contributed by atoms with van der Waals surface area (Å²) in [5, 5.41) is 4.58. The molecule has 2 aromatic rings. The summed E-state index contributed by atoms with van der Waals surface area (Å²) in [6.45, 7) is 3.91. The van der Waals surface area contributed by atoms with Crippen molar-refractivity contribution in [3.63, 3.8) is 0 Å². The van der Waals surface area contributed by atoms with Crippen LogP contribution < -0.4 is 5.32 Å². The van der Waals surface area contributed by atoms with E-state index >= 15 is 0 Å². The van der Waals surface area contributed by atoms with Crippen LogP contribution in [0.4, 0.5) is 0 Å². The number of benzene rings is 1. The van der Waals surface area contributed by atoms with Crippen LogP contribution in [0.1, 0.15) is 25.3 Å². The van der Waals surface area contributed by atoms with Gasteiger partial charge in [0.15, 0.2) is 0 Å². The molecule has 0 amide bonds. The number of hydrogen-bond acceptors (Lipinski definition) is 3. The lowest BCUT2D eigenvalue weighted by molar-refractivity contribution is -0.143. The van der Waals surface area contributed by atoms with Crippen LogP contribution in [0, 0.1) is 0 Å². The molecule has 0 aliphatic carbocycles. The Kier molecular flexibility index (Phi) is 4.98. The van der Waals surface area contributed by atoms with E-state index in [2.05, 4.69) is 34.6 Å². The Morgan fingerprint density at radius 3 is 3.11 bits per heavy atom. The minimum Gasteiger partial charge on any atom is -0.466 e. The first-order valence-electron chi connectivity index (χ1n) is 6.72. The molecule has 2 rings (SSSR count). The quantitative estimate of drug-likeness (QED) is 0.594. The van der Waals surface area contributed by atoms with Gasteiger partial charge in [-0.05, 0) is 36.9 Å². The van der Waals surface area contributed by atoms with Gasteiger partial charge in [0, 0.05) is 24.7 Å². The molecule has 0 spiro atoms. The SMILES string of the molecule is CCOC(=O)CCCNCc1cccc2cc[nH]c12. The largest absolute Gasteiger partial charge is 0.466 e. The van der Waals surface area contributed by atoms with Gasteiger partial charge in [-0.15, -0.1) is 0 Å². The third-order valence-corrected chi connectivity index (χ3v) is 3.03. The van der Waals surface area contributed by atoms with Crippen molar-refractivity contribution in [3.05, 3.63) is 36.0 Å². The molecule has 0 saturated carbocycles. The lowest BCUT2D eigenvalue weighted by atomic mass is 10.1. The third kappa shape index (κ3) is 3.83. The normalized spacial score (nSPS) is 10.8. The molecule has 0 saturated heterocycles. The molecule has 4 nitrogen and oxygen atoms in total. The average Bonchev–Trinajstić information content (AvgIpc) is 2.87. The van der Waals surface area contributed by atoms with Crippen molar-refractivity contribution >= 4 is 16.9 Å². The average molecular weight is 260 g/mol. The zero-order valence-corrected chi connectivity index (χ0v) is 11.2. The smallest absolute Gasteiger partial charge is 0.305 e. The monoisotopic (exact) mass is 260 g/mol. The van der Waals surface area contributed by atoms with Crippen LogP contribution in [0.15, 0.2) is 30.5 Å². The fourth-order valence-electron chi connectivity index (χ4n) is 2.11. The number of carbonyl (C=O) groups excluding carboxylic acids is 1. The summed E-state index contributed by atoms with van der Waals surface area (Å²) in [5.74, 6) is -0.115. The van der Waals surface area contributed by atoms with Crippen molar-refractivity contribution in [2.75, 3.05) is 13.2 Å². The van der Waals surface area contributed by atoms with Gasteiger partial charge < -0.3 is 15.0 Å². The Labute approximate surface area is 113 Å². The summed E-state index contributed by atoms with van der Waals surface area (Å²) in [6, 6.07) is 8.33. The van der Waals surface area contributed by atoms with Gasteiger partial charge in [-0.1, -0.05) is 18.2 Å². The summed E-state index contributed by atoms with van der Waals surface area (Å²) in [6.07, 6.45) is 3.24. The molecular weight excluding hydrogens is 240 g/mol. The number of H-pyrrole nitrogens is 1. The third-order valence-electron chi connectivity index (χ3n) is 3.03. The maximum atomic E-state index is 11.2. The van der Waals surface area contributed by atoms with E-state index in [0.717, 1.165) is 19.5 Å². The van der Waals surface area contributed by atoms with Gasteiger partial charge in [0.05, 0.1) is 6.61 Å². The molecule has 0 radical (unpaired) electrons. The van der Waals surface area contributed by atoms with Crippen LogP contribution in [0.25, 0.3) is 10.9 Å². The summed E-state index contributed by atoms with van der Waals surface area (Å²) < 4.78 is 4.88. The van der Waals surface area contributed by atoms with Crippen LogP contribution in [0.3, 0.4) is 0 Å². The van der Waals surface area contributed by atoms with Gasteiger partial charge in [0.25, 0.3) is 0 Å². The summed E-state index contributed by atoms with van der Waals surface area (Å²) in [5.41, 5.74) is 2.43. The highest BCUT2D eigenvalue weighted by Crippen LogP contribution is 2.16. The van der Waals surface area contributed by atoms with Crippen LogP contribution >= 0.6 is 0 Å². The van der Waals surface area contributed by atoms with Crippen molar-refractivity contribution in [3.8, 4) is 0 Å². The van der Waals surface area contributed by atoms with Crippen molar-refractivity contribution in [2.24, 2.45) is 0 Å². The van der Waals surface area contributed by atoms with E-state index in [9.17, 15) is 4.79 Å². The molecular formula is C15H20N2O2. The Morgan fingerprint density at radius 1 is 1.37 bits per heavy atom. The van der Waals surface area contributed by atoms with Gasteiger partial charge in [0.1, 0.15) is 0 Å². The minimum atomic E-state index is -0.115. The van der Waals surface area contributed by atoms with E-state index in [1.807, 2.05) is 13.1 Å². The highest BCUT2D eigenvalue weighted by atomic mass is 16.5. The Morgan fingerprint density at radius 2 is 2.26 bits per heavy atom. The van der Waals surface area contributed by atoms with Gasteiger partial charge in [-0.25, -0.2) is 0 Å². The van der Waals surface area contributed by atoms with E-state index in [0.29, 0.717) is 13.0 Å².